The highest BCUT2D eigenvalue weighted by molar-refractivity contribution is 9.10. The highest BCUT2D eigenvalue weighted by Gasteiger charge is 2.10. The first-order valence-electron chi connectivity index (χ1n) is 6.42. The minimum atomic E-state index is -0.402. The molecule has 21 heavy (non-hydrogen) atoms. The van der Waals surface area contributed by atoms with Crippen LogP contribution in [0.3, 0.4) is 0 Å². The van der Waals surface area contributed by atoms with Gasteiger partial charge in [-0.25, -0.2) is 9.37 Å². The molecular weight excluding hydrogens is 339 g/mol. The number of rotatable bonds is 5. The SMILES string of the molecule is CCCNc1cncc(C(=O)Nc2ccc(F)c(Br)c2)n1. The molecule has 1 aromatic carbocycles. The molecule has 2 N–H and O–H groups in total. The summed E-state index contributed by atoms with van der Waals surface area (Å²) >= 11 is 3.07. The number of nitrogens with zero attached hydrogens (tertiary/aromatic N) is 2. The van der Waals surface area contributed by atoms with Crippen molar-refractivity contribution in [2.45, 2.75) is 13.3 Å². The maximum Gasteiger partial charge on any atom is 0.275 e. The lowest BCUT2D eigenvalue weighted by Gasteiger charge is -2.07. The summed E-state index contributed by atoms with van der Waals surface area (Å²) in [6.07, 6.45) is 3.88. The van der Waals surface area contributed by atoms with E-state index < -0.39 is 11.7 Å². The molecule has 2 aromatic rings. The molecule has 2 rings (SSSR count). The van der Waals surface area contributed by atoms with Crippen molar-refractivity contribution in [1.82, 2.24) is 9.97 Å². The molecule has 0 aliphatic rings. The Bertz CT molecular complexity index is 651. The zero-order valence-electron chi connectivity index (χ0n) is 11.4. The van der Waals surface area contributed by atoms with Gasteiger partial charge in [0.1, 0.15) is 17.3 Å². The molecule has 0 aliphatic carbocycles. The van der Waals surface area contributed by atoms with E-state index in [-0.39, 0.29) is 10.2 Å². The van der Waals surface area contributed by atoms with Crippen LogP contribution in [0.25, 0.3) is 0 Å². The second-order valence-electron chi connectivity index (χ2n) is 4.30. The molecular formula is C14H14BrFN4O. The van der Waals surface area contributed by atoms with Crippen molar-refractivity contribution in [1.29, 1.82) is 0 Å². The van der Waals surface area contributed by atoms with Crippen LogP contribution in [-0.2, 0) is 0 Å². The molecule has 0 unspecified atom stereocenters. The molecule has 7 heteroatoms. The van der Waals surface area contributed by atoms with E-state index in [0.29, 0.717) is 11.5 Å². The molecule has 0 aliphatic heterocycles. The molecule has 0 saturated heterocycles. The number of anilines is 2. The predicted octanol–water partition coefficient (Wildman–Crippen LogP) is 3.45. The van der Waals surface area contributed by atoms with Gasteiger partial charge in [-0.2, -0.15) is 0 Å². The van der Waals surface area contributed by atoms with Crippen LogP contribution < -0.4 is 10.6 Å². The van der Waals surface area contributed by atoms with Crippen LogP contribution in [0.1, 0.15) is 23.8 Å². The Kier molecular flexibility index (Phi) is 5.21. The number of benzene rings is 1. The van der Waals surface area contributed by atoms with Crippen LogP contribution in [0.2, 0.25) is 0 Å². The van der Waals surface area contributed by atoms with Crippen molar-refractivity contribution < 1.29 is 9.18 Å². The van der Waals surface area contributed by atoms with E-state index in [1.807, 2.05) is 6.92 Å². The highest BCUT2D eigenvalue weighted by atomic mass is 79.9. The highest BCUT2D eigenvalue weighted by Crippen LogP contribution is 2.20. The van der Waals surface area contributed by atoms with Gasteiger partial charge in [-0.05, 0) is 40.5 Å². The Balaban J connectivity index is 2.10. The fourth-order valence-electron chi connectivity index (χ4n) is 1.58. The second-order valence-corrected chi connectivity index (χ2v) is 5.15. The fourth-order valence-corrected chi connectivity index (χ4v) is 1.96. The van der Waals surface area contributed by atoms with Crippen molar-refractivity contribution in [3.63, 3.8) is 0 Å². The number of amides is 1. The van der Waals surface area contributed by atoms with Crippen molar-refractivity contribution in [2.24, 2.45) is 0 Å². The maximum absolute atomic E-state index is 13.1. The Labute approximate surface area is 130 Å². The van der Waals surface area contributed by atoms with Gasteiger partial charge in [0, 0.05) is 12.2 Å². The van der Waals surface area contributed by atoms with Gasteiger partial charge < -0.3 is 10.6 Å². The van der Waals surface area contributed by atoms with Crippen LogP contribution in [0.5, 0.6) is 0 Å². The summed E-state index contributed by atoms with van der Waals surface area (Å²) in [7, 11) is 0. The molecule has 0 atom stereocenters. The maximum atomic E-state index is 13.1. The molecule has 0 bridgehead atoms. The van der Waals surface area contributed by atoms with Crippen LogP contribution >= 0.6 is 15.9 Å². The third kappa shape index (κ3) is 4.22. The van der Waals surface area contributed by atoms with Crippen molar-refractivity contribution in [2.75, 3.05) is 17.2 Å². The first-order chi connectivity index (χ1) is 10.1. The number of aromatic nitrogens is 2. The lowest BCUT2D eigenvalue weighted by atomic mass is 10.3. The Hall–Kier alpha value is -2.02. The van der Waals surface area contributed by atoms with E-state index in [1.165, 1.54) is 24.4 Å². The minimum absolute atomic E-state index is 0.191. The Morgan fingerprint density at radius 2 is 2.19 bits per heavy atom. The third-order valence-corrected chi connectivity index (χ3v) is 3.21. The summed E-state index contributed by atoms with van der Waals surface area (Å²) in [4.78, 5) is 20.2. The van der Waals surface area contributed by atoms with Crippen molar-refractivity contribution in [3.05, 3.63) is 46.6 Å². The van der Waals surface area contributed by atoms with E-state index in [9.17, 15) is 9.18 Å². The number of halogens is 2. The van der Waals surface area contributed by atoms with Gasteiger partial charge >= 0.3 is 0 Å². The quantitative estimate of drug-likeness (QED) is 0.864. The summed E-state index contributed by atoms with van der Waals surface area (Å²) in [6.45, 7) is 2.79. The number of carbonyl (C=O) groups excluding carboxylic acids is 1. The molecule has 1 amide bonds. The lowest BCUT2D eigenvalue weighted by Crippen LogP contribution is -2.15. The van der Waals surface area contributed by atoms with Gasteiger partial charge in [0.25, 0.3) is 5.91 Å². The van der Waals surface area contributed by atoms with Crippen LogP contribution in [-0.4, -0.2) is 22.4 Å². The molecule has 110 valence electrons. The van der Waals surface area contributed by atoms with E-state index in [2.05, 4.69) is 36.5 Å². The van der Waals surface area contributed by atoms with Crippen LogP contribution in [0, 0.1) is 5.82 Å². The average molecular weight is 353 g/mol. The van der Waals surface area contributed by atoms with Gasteiger partial charge in [0.2, 0.25) is 0 Å². The molecule has 1 aromatic heterocycles. The topological polar surface area (TPSA) is 66.9 Å². The summed E-state index contributed by atoms with van der Waals surface area (Å²) in [5.41, 5.74) is 0.665. The summed E-state index contributed by atoms with van der Waals surface area (Å²) < 4.78 is 13.4. The molecule has 0 radical (unpaired) electrons. The largest absolute Gasteiger partial charge is 0.369 e. The first kappa shape index (κ1) is 15.4. The average Bonchev–Trinajstić information content (AvgIpc) is 2.49. The zero-order valence-corrected chi connectivity index (χ0v) is 12.9. The minimum Gasteiger partial charge on any atom is -0.369 e. The normalized spacial score (nSPS) is 10.2. The van der Waals surface area contributed by atoms with E-state index >= 15 is 0 Å². The molecule has 0 saturated carbocycles. The van der Waals surface area contributed by atoms with Gasteiger partial charge in [-0.1, -0.05) is 6.92 Å². The van der Waals surface area contributed by atoms with Gasteiger partial charge in [-0.15, -0.1) is 0 Å². The molecule has 0 spiro atoms. The van der Waals surface area contributed by atoms with Crippen LogP contribution in [0.4, 0.5) is 15.9 Å². The van der Waals surface area contributed by atoms with Crippen LogP contribution in [0.15, 0.2) is 35.1 Å². The summed E-state index contributed by atoms with van der Waals surface area (Å²) in [6, 6.07) is 4.23. The van der Waals surface area contributed by atoms with E-state index in [4.69, 9.17) is 0 Å². The molecule has 0 fully saturated rings. The summed E-state index contributed by atoms with van der Waals surface area (Å²) in [5.74, 6) is -0.246. The molecule has 5 nitrogen and oxygen atoms in total. The third-order valence-electron chi connectivity index (χ3n) is 2.60. The number of nitrogens with one attached hydrogen (secondary N) is 2. The van der Waals surface area contributed by atoms with Gasteiger partial charge in [0.15, 0.2) is 0 Å². The second kappa shape index (κ2) is 7.12. The standard InChI is InChI=1S/C14H14BrFN4O/c1-2-5-18-13-8-17-7-12(20-13)14(21)19-9-3-4-11(16)10(15)6-9/h3-4,6-8H,2,5H2,1H3,(H,18,20)(H,19,21). The zero-order chi connectivity index (χ0) is 15.2. The van der Waals surface area contributed by atoms with Crippen molar-refractivity contribution in [3.8, 4) is 0 Å². The fraction of sp³-hybridized carbons (Fsp3) is 0.214. The van der Waals surface area contributed by atoms with Gasteiger partial charge in [-0.3, -0.25) is 9.78 Å². The van der Waals surface area contributed by atoms with E-state index in [0.717, 1.165) is 13.0 Å². The number of carbonyl (C=O) groups is 1. The smallest absolute Gasteiger partial charge is 0.275 e. The number of hydrogen-bond acceptors (Lipinski definition) is 4. The number of hydrogen-bond donors (Lipinski definition) is 2. The Morgan fingerprint density at radius 3 is 2.90 bits per heavy atom. The predicted molar refractivity (Wildman–Crippen MR) is 82.9 cm³/mol. The van der Waals surface area contributed by atoms with Gasteiger partial charge in [0.05, 0.1) is 16.9 Å². The molecule has 1 heterocycles. The monoisotopic (exact) mass is 352 g/mol. The first-order valence-corrected chi connectivity index (χ1v) is 7.21. The Morgan fingerprint density at radius 1 is 1.38 bits per heavy atom. The van der Waals surface area contributed by atoms with E-state index in [1.54, 1.807) is 6.20 Å². The lowest BCUT2D eigenvalue weighted by molar-refractivity contribution is 0.102. The van der Waals surface area contributed by atoms with Crippen molar-refractivity contribution >= 4 is 33.3 Å². The summed E-state index contributed by atoms with van der Waals surface area (Å²) in [5, 5.41) is 5.70.